The molecule has 184 valence electrons. The summed E-state index contributed by atoms with van der Waals surface area (Å²) >= 11 is 0. The fourth-order valence-electron chi connectivity index (χ4n) is 3.90. The molecule has 0 unspecified atom stereocenters. The molecule has 0 saturated heterocycles. The zero-order valence-corrected chi connectivity index (χ0v) is 19.7. The largest absolute Gasteiger partial charge is 0.340 e. The van der Waals surface area contributed by atoms with Crippen LogP contribution in [0.25, 0.3) is 10.9 Å². The number of fused-ring (bicyclic) bond motifs is 1. The molecular formula is C21H22FN7O5S. The van der Waals surface area contributed by atoms with Crippen molar-refractivity contribution >= 4 is 20.9 Å². The number of aromatic nitrogens is 6. The van der Waals surface area contributed by atoms with E-state index >= 15 is 0 Å². The Bertz CT molecular complexity index is 1660. The highest BCUT2D eigenvalue weighted by atomic mass is 32.2. The molecule has 5 rings (SSSR count). The topological polar surface area (TPSA) is 147 Å². The summed E-state index contributed by atoms with van der Waals surface area (Å²) in [6.07, 6.45) is 4.00. The minimum Gasteiger partial charge on any atom is -0.340 e. The molecule has 35 heavy (non-hydrogen) atoms. The molecule has 0 atom stereocenters. The third kappa shape index (κ3) is 4.30. The second-order valence-corrected chi connectivity index (χ2v) is 10.4. The van der Waals surface area contributed by atoms with E-state index in [0.29, 0.717) is 24.3 Å². The van der Waals surface area contributed by atoms with E-state index in [0.717, 1.165) is 4.57 Å². The van der Waals surface area contributed by atoms with Crippen molar-refractivity contribution in [1.82, 2.24) is 33.8 Å². The molecule has 12 nitrogen and oxygen atoms in total. The van der Waals surface area contributed by atoms with Crippen molar-refractivity contribution in [3.63, 3.8) is 0 Å². The Morgan fingerprint density at radius 1 is 1.20 bits per heavy atom. The molecule has 3 heterocycles. The number of nitrogens with zero attached hydrogens (tertiary/aromatic N) is 6. The first-order valence-corrected chi connectivity index (χ1v) is 12.2. The number of aryl methyl sites for hydroxylation is 2. The first-order valence-electron chi connectivity index (χ1n) is 10.7. The predicted molar refractivity (Wildman–Crippen MR) is 121 cm³/mol. The van der Waals surface area contributed by atoms with Gasteiger partial charge in [0.15, 0.2) is 5.82 Å². The summed E-state index contributed by atoms with van der Waals surface area (Å²) in [5.74, 6) is 0.525. The first-order chi connectivity index (χ1) is 16.6. The third-order valence-corrected chi connectivity index (χ3v) is 7.51. The molecule has 0 aliphatic heterocycles. The average Bonchev–Trinajstić information content (AvgIpc) is 3.26. The van der Waals surface area contributed by atoms with Crippen LogP contribution in [-0.4, -0.2) is 49.7 Å². The van der Waals surface area contributed by atoms with Crippen LogP contribution in [0.2, 0.25) is 0 Å². The lowest BCUT2D eigenvalue weighted by Crippen LogP contribution is -2.41. The summed E-state index contributed by atoms with van der Waals surface area (Å²) in [4.78, 5) is 30.7. The van der Waals surface area contributed by atoms with Gasteiger partial charge < -0.3 is 4.52 Å². The monoisotopic (exact) mass is 503 g/mol. The lowest BCUT2D eigenvalue weighted by atomic mass is 10.2. The van der Waals surface area contributed by atoms with Gasteiger partial charge in [-0.1, -0.05) is 5.16 Å². The van der Waals surface area contributed by atoms with Gasteiger partial charge >= 0.3 is 5.69 Å². The van der Waals surface area contributed by atoms with E-state index in [9.17, 15) is 22.4 Å². The molecule has 1 N–H and O–H groups in total. The van der Waals surface area contributed by atoms with E-state index in [-0.39, 0.29) is 34.7 Å². The van der Waals surface area contributed by atoms with E-state index in [2.05, 4.69) is 20.0 Å². The second kappa shape index (κ2) is 8.23. The average molecular weight is 504 g/mol. The summed E-state index contributed by atoms with van der Waals surface area (Å²) in [6.45, 7) is 0.610. The number of alkyl halides is 1. The van der Waals surface area contributed by atoms with E-state index in [1.807, 2.05) is 0 Å². The van der Waals surface area contributed by atoms with Gasteiger partial charge in [0, 0.05) is 25.7 Å². The van der Waals surface area contributed by atoms with E-state index in [4.69, 9.17) is 4.52 Å². The highest BCUT2D eigenvalue weighted by Gasteiger charge is 2.46. The number of hydrogen-bond donors (Lipinski definition) is 1. The Labute approximate surface area is 198 Å². The minimum absolute atomic E-state index is 0.00155. The van der Waals surface area contributed by atoms with Gasteiger partial charge in [0.05, 0.1) is 40.6 Å². The van der Waals surface area contributed by atoms with Gasteiger partial charge in [-0.2, -0.15) is 10.1 Å². The maximum Gasteiger partial charge on any atom is 0.332 e. The minimum atomic E-state index is -4.10. The summed E-state index contributed by atoms with van der Waals surface area (Å²) in [6, 6.07) is 3.86. The van der Waals surface area contributed by atoms with Gasteiger partial charge in [-0.05, 0) is 31.0 Å². The Hall–Kier alpha value is -3.65. The smallest absolute Gasteiger partial charge is 0.332 e. The van der Waals surface area contributed by atoms with Crippen LogP contribution in [0.5, 0.6) is 0 Å². The molecule has 1 aliphatic carbocycles. The van der Waals surface area contributed by atoms with Crippen molar-refractivity contribution in [3.05, 3.63) is 68.7 Å². The van der Waals surface area contributed by atoms with Crippen molar-refractivity contribution in [2.75, 3.05) is 6.67 Å². The predicted octanol–water partition coefficient (Wildman–Crippen LogP) is 0.465. The van der Waals surface area contributed by atoms with Crippen LogP contribution in [0.1, 0.15) is 30.1 Å². The van der Waals surface area contributed by atoms with Gasteiger partial charge in [0.1, 0.15) is 6.67 Å². The molecule has 3 aromatic heterocycles. The quantitative estimate of drug-likeness (QED) is 0.365. The Kier molecular flexibility index (Phi) is 5.44. The van der Waals surface area contributed by atoms with Crippen molar-refractivity contribution < 1.29 is 17.3 Å². The summed E-state index contributed by atoms with van der Waals surface area (Å²) in [5, 5.41) is 7.89. The van der Waals surface area contributed by atoms with Crippen LogP contribution in [0, 0.1) is 6.92 Å². The summed E-state index contributed by atoms with van der Waals surface area (Å²) < 4.78 is 50.4. The summed E-state index contributed by atoms with van der Waals surface area (Å²) in [5.41, 5.74) is -1.58. The van der Waals surface area contributed by atoms with Crippen molar-refractivity contribution in [2.24, 2.45) is 7.05 Å². The molecule has 0 spiro atoms. The van der Waals surface area contributed by atoms with Crippen LogP contribution in [0.4, 0.5) is 4.39 Å². The SMILES string of the molecule is Cc1nc(Cn2c(=O)n(Cc3cnn(C)c3)c(=O)c3cc(S(=O)(=O)NC4(CF)CC4)ccc32)no1. The maximum atomic E-state index is 13.4. The van der Waals surface area contributed by atoms with Crippen molar-refractivity contribution in [1.29, 1.82) is 0 Å². The van der Waals surface area contributed by atoms with Crippen molar-refractivity contribution in [3.8, 4) is 0 Å². The first kappa shape index (κ1) is 23.1. The molecule has 1 aromatic carbocycles. The van der Waals surface area contributed by atoms with E-state index in [1.165, 1.54) is 33.6 Å². The molecular weight excluding hydrogens is 481 g/mol. The highest BCUT2D eigenvalue weighted by Crippen LogP contribution is 2.37. The number of sulfonamides is 1. The van der Waals surface area contributed by atoms with E-state index < -0.39 is 33.5 Å². The van der Waals surface area contributed by atoms with Gasteiger partial charge in [-0.15, -0.1) is 0 Å². The molecule has 14 heteroatoms. The number of rotatable bonds is 8. The number of hydrogen-bond acceptors (Lipinski definition) is 8. The van der Waals surface area contributed by atoms with Gasteiger partial charge in [0.2, 0.25) is 15.9 Å². The van der Waals surface area contributed by atoms with Crippen LogP contribution < -0.4 is 16.0 Å². The molecule has 0 amide bonds. The lowest BCUT2D eigenvalue weighted by molar-refractivity contribution is 0.385. The normalized spacial score (nSPS) is 15.1. The van der Waals surface area contributed by atoms with Crippen molar-refractivity contribution in [2.45, 2.75) is 43.3 Å². The zero-order chi connectivity index (χ0) is 25.0. The lowest BCUT2D eigenvalue weighted by Gasteiger charge is -2.16. The number of nitrogens with one attached hydrogen (secondary N) is 1. The molecule has 1 aliphatic rings. The van der Waals surface area contributed by atoms with Crippen LogP contribution >= 0.6 is 0 Å². The second-order valence-electron chi connectivity index (χ2n) is 8.71. The number of benzene rings is 1. The fourth-order valence-corrected chi connectivity index (χ4v) is 5.37. The number of halogens is 1. The fraction of sp³-hybridized carbons (Fsp3) is 0.381. The standard InChI is InChI=1S/C21H22FN7O5S/c1-13-24-18(25-34-13)11-28-17-4-3-15(35(32,33)26-21(12-22)5-6-21)7-16(17)19(30)29(20(28)31)10-14-8-23-27(2)9-14/h3-4,7-9,26H,5-6,10-12H2,1-2H3. The molecule has 1 fully saturated rings. The Morgan fingerprint density at radius 2 is 1.97 bits per heavy atom. The van der Waals surface area contributed by atoms with Gasteiger partial charge in [-0.3, -0.25) is 18.6 Å². The highest BCUT2D eigenvalue weighted by molar-refractivity contribution is 7.89. The Balaban J connectivity index is 1.68. The Morgan fingerprint density at radius 3 is 2.57 bits per heavy atom. The van der Waals surface area contributed by atoms with Gasteiger partial charge in [0.25, 0.3) is 5.56 Å². The third-order valence-electron chi connectivity index (χ3n) is 5.93. The summed E-state index contributed by atoms with van der Waals surface area (Å²) in [7, 11) is -2.40. The van der Waals surface area contributed by atoms with Crippen LogP contribution in [0.3, 0.4) is 0 Å². The molecule has 0 radical (unpaired) electrons. The van der Waals surface area contributed by atoms with Crippen LogP contribution in [0.15, 0.2) is 49.6 Å². The van der Waals surface area contributed by atoms with Crippen LogP contribution in [-0.2, 0) is 30.2 Å². The zero-order valence-electron chi connectivity index (χ0n) is 18.9. The molecule has 0 bridgehead atoms. The van der Waals surface area contributed by atoms with Gasteiger partial charge in [-0.25, -0.2) is 22.3 Å². The molecule has 4 aromatic rings. The maximum absolute atomic E-state index is 13.4. The van der Waals surface area contributed by atoms with E-state index in [1.54, 1.807) is 20.2 Å². The molecule has 1 saturated carbocycles.